The van der Waals surface area contributed by atoms with E-state index in [1.807, 2.05) is 50.2 Å². The van der Waals surface area contributed by atoms with Crippen LogP contribution < -0.4 is 5.32 Å². The summed E-state index contributed by atoms with van der Waals surface area (Å²) in [6.07, 6.45) is 4.66. The molecule has 1 amide bonds. The third kappa shape index (κ3) is 3.78. The van der Waals surface area contributed by atoms with Gasteiger partial charge < -0.3 is 10.4 Å². The SMILES string of the molecule is CC.O=C1NC2(CCCCC2)C(O)=C1c1cc(-c2ccc(Cl)cc2)ccc1Cl. The van der Waals surface area contributed by atoms with Crippen molar-refractivity contribution in [3.63, 3.8) is 0 Å². The molecule has 4 rings (SSSR count). The molecule has 0 bridgehead atoms. The lowest BCUT2D eigenvalue weighted by Gasteiger charge is -2.33. The van der Waals surface area contributed by atoms with Crippen LogP contribution in [0.2, 0.25) is 10.0 Å². The van der Waals surface area contributed by atoms with Gasteiger partial charge in [-0.05, 0) is 48.2 Å². The van der Waals surface area contributed by atoms with Crippen LogP contribution in [0.15, 0.2) is 48.2 Å². The first-order valence-electron chi connectivity index (χ1n) is 9.82. The summed E-state index contributed by atoms with van der Waals surface area (Å²) in [4.78, 5) is 12.7. The van der Waals surface area contributed by atoms with Crippen molar-refractivity contribution >= 4 is 34.7 Å². The topological polar surface area (TPSA) is 49.3 Å². The number of halogens is 2. The maximum absolute atomic E-state index is 12.7. The fourth-order valence-corrected chi connectivity index (χ4v) is 4.33. The molecular weight excluding hydrogens is 393 g/mol. The molecule has 1 aliphatic heterocycles. The molecule has 0 atom stereocenters. The van der Waals surface area contributed by atoms with E-state index in [0.29, 0.717) is 21.2 Å². The van der Waals surface area contributed by atoms with E-state index >= 15 is 0 Å². The molecule has 0 radical (unpaired) electrons. The zero-order chi connectivity index (χ0) is 20.3. The van der Waals surface area contributed by atoms with Crippen molar-refractivity contribution in [2.75, 3.05) is 0 Å². The second kappa shape index (κ2) is 8.59. The predicted molar refractivity (Wildman–Crippen MR) is 117 cm³/mol. The van der Waals surface area contributed by atoms with Gasteiger partial charge >= 0.3 is 0 Å². The van der Waals surface area contributed by atoms with Gasteiger partial charge in [0.1, 0.15) is 5.76 Å². The lowest BCUT2D eigenvalue weighted by atomic mass is 9.80. The second-order valence-electron chi connectivity index (χ2n) is 7.02. The highest BCUT2D eigenvalue weighted by Crippen LogP contribution is 2.43. The van der Waals surface area contributed by atoms with Crippen molar-refractivity contribution in [1.29, 1.82) is 0 Å². The van der Waals surface area contributed by atoms with Gasteiger partial charge in [-0.15, -0.1) is 0 Å². The summed E-state index contributed by atoms with van der Waals surface area (Å²) >= 11 is 12.4. The molecule has 1 saturated carbocycles. The van der Waals surface area contributed by atoms with Gasteiger partial charge in [-0.1, -0.05) is 74.5 Å². The van der Waals surface area contributed by atoms with Crippen LogP contribution in [-0.2, 0) is 4.79 Å². The van der Waals surface area contributed by atoms with Gasteiger partial charge in [0, 0.05) is 15.6 Å². The minimum atomic E-state index is -0.621. The highest BCUT2D eigenvalue weighted by Gasteiger charge is 2.46. The maximum Gasteiger partial charge on any atom is 0.256 e. The fourth-order valence-electron chi connectivity index (χ4n) is 3.99. The molecule has 148 valence electrons. The molecule has 1 spiro atoms. The number of carbonyl (C=O) groups is 1. The number of rotatable bonds is 2. The van der Waals surface area contributed by atoms with Crippen LogP contribution in [0.1, 0.15) is 51.5 Å². The summed E-state index contributed by atoms with van der Waals surface area (Å²) in [7, 11) is 0. The van der Waals surface area contributed by atoms with Crippen molar-refractivity contribution in [3.05, 3.63) is 63.8 Å². The van der Waals surface area contributed by atoms with Crippen molar-refractivity contribution in [2.45, 2.75) is 51.5 Å². The van der Waals surface area contributed by atoms with Crippen molar-refractivity contribution in [3.8, 4) is 11.1 Å². The molecule has 1 heterocycles. The summed E-state index contributed by atoms with van der Waals surface area (Å²) < 4.78 is 0. The van der Waals surface area contributed by atoms with E-state index in [4.69, 9.17) is 23.2 Å². The van der Waals surface area contributed by atoms with E-state index in [0.717, 1.165) is 43.2 Å². The van der Waals surface area contributed by atoms with Crippen LogP contribution in [0, 0.1) is 0 Å². The number of benzene rings is 2. The molecule has 2 aromatic rings. The Labute approximate surface area is 176 Å². The van der Waals surface area contributed by atoms with Gasteiger partial charge in [0.2, 0.25) is 0 Å². The predicted octanol–water partition coefficient (Wildman–Crippen LogP) is 6.79. The zero-order valence-corrected chi connectivity index (χ0v) is 17.7. The first-order chi connectivity index (χ1) is 13.5. The third-order valence-corrected chi connectivity index (χ3v) is 5.97. The fraction of sp³-hybridized carbons (Fsp3) is 0.348. The Bertz CT molecular complexity index is 897. The number of hydrogen-bond acceptors (Lipinski definition) is 2. The quantitative estimate of drug-likeness (QED) is 0.564. The molecular formula is C23H25Cl2NO2. The Morgan fingerprint density at radius 3 is 2.18 bits per heavy atom. The standard InChI is InChI=1S/C21H19Cl2NO2.C2H6/c22-15-7-4-13(5-8-15)14-6-9-17(23)16(12-14)18-19(25)21(24-20(18)26)10-2-1-3-11-21;1-2/h4-9,12,25H,1-3,10-11H2,(H,24,26);1-2H3. The summed E-state index contributed by atoms with van der Waals surface area (Å²) in [5.74, 6) is -0.114. The molecule has 3 nitrogen and oxygen atoms in total. The average Bonchev–Trinajstić information content (AvgIpc) is 2.94. The molecule has 0 unspecified atom stereocenters. The van der Waals surface area contributed by atoms with Gasteiger partial charge in [0.05, 0.1) is 11.1 Å². The Balaban J connectivity index is 0.00000109. The van der Waals surface area contributed by atoms with Gasteiger partial charge in [0.15, 0.2) is 0 Å². The van der Waals surface area contributed by atoms with E-state index in [1.165, 1.54) is 0 Å². The number of carbonyl (C=O) groups excluding carboxylic acids is 1. The normalized spacial score (nSPS) is 17.9. The molecule has 5 heteroatoms. The number of hydrogen-bond donors (Lipinski definition) is 2. The zero-order valence-electron chi connectivity index (χ0n) is 16.2. The van der Waals surface area contributed by atoms with Gasteiger partial charge in [0.25, 0.3) is 5.91 Å². The summed E-state index contributed by atoms with van der Waals surface area (Å²) in [6, 6.07) is 13.0. The highest BCUT2D eigenvalue weighted by atomic mass is 35.5. The van der Waals surface area contributed by atoms with Crippen LogP contribution in [0.5, 0.6) is 0 Å². The minimum Gasteiger partial charge on any atom is -0.509 e. The molecule has 1 fully saturated rings. The molecule has 28 heavy (non-hydrogen) atoms. The lowest BCUT2D eigenvalue weighted by molar-refractivity contribution is -0.116. The minimum absolute atomic E-state index is 0.136. The van der Waals surface area contributed by atoms with E-state index in [-0.39, 0.29) is 11.7 Å². The molecule has 0 aromatic heterocycles. The van der Waals surface area contributed by atoms with Gasteiger partial charge in [-0.3, -0.25) is 4.79 Å². The van der Waals surface area contributed by atoms with E-state index < -0.39 is 5.54 Å². The molecule has 2 N–H and O–H groups in total. The van der Waals surface area contributed by atoms with Gasteiger partial charge in [-0.2, -0.15) is 0 Å². The number of nitrogens with one attached hydrogen (secondary N) is 1. The summed E-state index contributed by atoms with van der Waals surface area (Å²) in [5.41, 5.74) is 2.13. The Hall–Kier alpha value is -1.97. The maximum atomic E-state index is 12.7. The highest BCUT2D eigenvalue weighted by molar-refractivity contribution is 6.35. The van der Waals surface area contributed by atoms with Crippen LogP contribution in [0.25, 0.3) is 16.7 Å². The summed E-state index contributed by atoms with van der Waals surface area (Å²) in [5, 5.41) is 15.1. The van der Waals surface area contributed by atoms with Crippen molar-refractivity contribution in [2.24, 2.45) is 0 Å². The monoisotopic (exact) mass is 417 g/mol. The lowest BCUT2D eigenvalue weighted by Crippen LogP contribution is -2.46. The third-order valence-electron chi connectivity index (χ3n) is 5.39. The summed E-state index contributed by atoms with van der Waals surface area (Å²) in [6.45, 7) is 4.00. The van der Waals surface area contributed by atoms with E-state index in [9.17, 15) is 9.90 Å². The van der Waals surface area contributed by atoms with E-state index in [2.05, 4.69) is 5.32 Å². The number of aliphatic hydroxyl groups is 1. The molecule has 1 aliphatic carbocycles. The van der Waals surface area contributed by atoms with Crippen LogP contribution in [-0.4, -0.2) is 16.6 Å². The largest absolute Gasteiger partial charge is 0.509 e. The smallest absolute Gasteiger partial charge is 0.256 e. The van der Waals surface area contributed by atoms with E-state index in [1.54, 1.807) is 6.07 Å². The second-order valence-corrected chi connectivity index (χ2v) is 7.87. The molecule has 2 aromatic carbocycles. The van der Waals surface area contributed by atoms with Gasteiger partial charge in [-0.25, -0.2) is 0 Å². The Morgan fingerprint density at radius 2 is 1.54 bits per heavy atom. The van der Waals surface area contributed by atoms with Crippen LogP contribution in [0.4, 0.5) is 0 Å². The number of amides is 1. The van der Waals surface area contributed by atoms with Crippen molar-refractivity contribution < 1.29 is 9.90 Å². The van der Waals surface area contributed by atoms with Crippen molar-refractivity contribution in [1.82, 2.24) is 5.32 Å². The Morgan fingerprint density at radius 1 is 0.929 bits per heavy atom. The number of aliphatic hydroxyl groups excluding tert-OH is 1. The first-order valence-corrected chi connectivity index (χ1v) is 10.6. The van der Waals surface area contributed by atoms with Crippen LogP contribution in [0.3, 0.4) is 0 Å². The average molecular weight is 418 g/mol. The molecule has 2 aliphatic rings. The van der Waals surface area contributed by atoms with Crippen LogP contribution >= 0.6 is 23.2 Å². The molecule has 0 saturated heterocycles. The first kappa shape index (κ1) is 20.8. The Kier molecular flexibility index (Phi) is 6.36.